The molecule has 1 aromatic heterocycles. The zero-order valence-corrected chi connectivity index (χ0v) is 21.2. The van der Waals surface area contributed by atoms with Gasteiger partial charge in [0, 0.05) is 15.7 Å². The van der Waals surface area contributed by atoms with E-state index in [0.717, 1.165) is 27.6 Å². The Kier molecular flexibility index (Phi) is 7.59. The molecule has 3 aromatic carbocycles. The lowest BCUT2D eigenvalue weighted by Crippen LogP contribution is -2.37. The summed E-state index contributed by atoms with van der Waals surface area (Å²) in [6, 6.07) is 20.9. The van der Waals surface area contributed by atoms with Crippen molar-refractivity contribution in [2.24, 2.45) is 0 Å². The number of benzene rings is 3. The minimum Gasteiger partial charge on any atom is -0.484 e. The molecule has 8 heteroatoms. The molecule has 0 spiro atoms. The number of ether oxygens (including phenoxy) is 1. The summed E-state index contributed by atoms with van der Waals surface area (Å²) < 4.78 is 12.4. The van der Waals surface area contributed by atoms with Crippen LogP contribution in [0.15, 0.2) is 75.6 Å². The fraction of sp³-hybridized carbons (Fsp3) is 0.192. The fourth-order valence-corrected chi connectivity index (χ4v) is 3.84. The lowest BCUT2D eigenvalue weighted by Gasteiger charge is -2.11. The maximum Gasteiger partial charge on any atom is 0.264 e. The summed E-state index contributed by atoms with van der Waals surface area (Å²) in [5, 5.41) is 5.82. The Morgan fingerprint density at radius 2 is 1.94 bits per heavy atom. The molecule has 174 valence electrons. The van der Waals surface area contributed by atoms with E-state index in [-0.39, 0.29) is 17.6 Å². The molecule has 0 saturated heterocycles. The number of fused-ring (bicyclic) bond motifs is 1. The summed E-state index contributed by atoms with van der Waals surface area (Å²) in [5.41, 5.74) is 4.34. The number of carbonyl (C=O) groups excluding carboxylic acids is 1. The van der Waals surface area contributed by atoms with Crippen molar-refractivity contribution in [1.82, 2.24) is 10.3 Å². The molecule has 0 saturated carbocycles. The van der Waals surface area contributed by atoms with E-state index in [1.165, 1.54) is 5.56 Å². The van der Waals surface area contributed by atoms with Crippen LogP contribution in [-0.2, 0) is 4.79 Å². The van der Waals surface area contributed by atoms with Crippen molar-refractivity contribution in [2.75, 3.05) is 11.9 Å². The first kappa shape index (κ1) is 23.9. The van der Waals surface area contributed by atoms with Crippen LogP contribution in [0.2, 0.25) is 0 Å². The Morgan fingerprint density at radius 1 is 1.15 bits per heavy atom. The lowest BCUT2D eigenvalue weighted by atomic mass is 9.98. The van der Waals surface area contributed by atoms with Gasteiger partial charge in [0.15, 0.2) is 17.3 Å². The largest absolute Gasteiger partial charge is 0.484 e. The number of carbonyl (C=O) groups is 1. The van der Waals surface area contributed by atoms with Crippen molar-refractivity contribution in [3.05, 3.63) is 76.8 Å². The number of halogens is 1. The third kappa shape index (κ3) is 6.01. The standard InChI is InChI=1S/C26H24BrN3O3S/c1-3-16(2)17-7-12-23-22(14-17)29-25(33-23)18-5-4-6-20(13-18)28-26(34)30-24(31)15-32-21-10-8-19(27)9-11-21/h4-14,16H,3,15H2,1-2H3,(H2,28,30,31,34)/t16-/m1/s1. The van der Waals surface area contributed by atoms with E-state index in [4.69, 9.17) is 21.4 Å². The predicted molar refractivity (Wildman–Crippen MR) is 142 cm³/mol. The normalized spacial score (nSPS) is 11.7. The van der Waals surface area contributed by atoms with Crippen LogP contribution in [-0.4, -0.2) is 22.6 Å². The average Bonchev–Trinajstić information content (AvgIpc) is 3.27. The highest BCUT2D eigenvalue weighted by atomic mass is 79.9. The molecule has 0 aliphatic rings. The van der Waals surface area contributed by atoms with Crippen LogP contribution >= 0.6 is 28.1 Å². The minimum atomic E-state index is -0.354. The Bertz CT molecular complexity index is 1320. The molecule has 2 N–H and O–H groups in total. The molecule has 1 atom stereocenters. The zero-order valence-electron chi connectivity index (χ0n) is 18.8. The third-order valence-electron chi connectivity index (χ3n) is 5.40. The zero-order chi connectivity index (χ0) is 24.1. The summed E-state index contributed by atoms with van der Waals surface area (Å²) in [7, 11) is 0. The highest BCUT2D eigenvalue weighted by molar-refractivity contribution is 9.10. The summed E-state index contributed by atoms with van der Waals surface area (Å²) in [4.78, 5) is 16.8. The van der Waals surface area contributed by atoms with E-state index in [0.29, 0.717) is 23.2 Å². The van der Waals surface area contributed by atoms with Gasteiger partial charge in [0.1, 0.15) is 11.3 Å². The molecular weight excluding hydrogens is 514 g/mol. The van der Waals surface area contributed by atoms with Crippen molar-refractivity contribution in [3.8, 4) is 17.2 Å². The second kappa shape index (κ2) is 10.8. The number of thiocarbonyl (C=S) groups is 1. The molecule has 0 fully saturated rings. The highest BCUT2D eigenvalue weighted by Crippen LogP contribution is 2.29. The van der Waals surface area contributed by atoms with Gasteiger partial charge >= 0.3 is 0 Å². The minimum absolute atomic E-state index is 0.148. The maximum atomic E-state index is 12.2. The van der Waals surface area contributed by atoms with E-state index < -0.39 is 0 Å². The number of hydrogen-bond donors (Lipinski definition) is 2. The summed E-state index contributed by atoms with van der Waals surface area (Å²) >= 11 is 8.64. The van der Waals surface area contributed by atoms with E-state index in [9.17, 15) is 4.79 Å². The van der Waals surface area contributed by atoms with Crippen molar-refractivity contribution >= 4 is 56.0 Å². The summed E-state index contributed by atoms with van der Waals surface area (Å²) in [5.74, 6) is 1.23. The number of hydrogen-bond acceptors (Lipinski definition) is 5. The van der Waals surface area contributed by atoms with E-state index in [1.807, 2.05) is 42.5 Å². The number of anilines is 1. The fourth-order valence-electron chi connectivity index (χ4n) is 3.34. The van der Waals surface area contributed by atoms with E-state index >= 15 is 0 Å². The monoisotopic (exact) mass is 537 g/mol. The van der Waals surface area contributed by atoms with Gasteiger partial charge < -0.3 is 14.5 Å². The van der Waals surface area contributed by atoms with E-state index in [2.05, 4.69) is 57.5 Å². The molecule has 0 aliphatic carbocycles. The number of nitrogens with zero attached hydrogens (tertiary/aromatic N) is 1. The molecule has 0 unspecified atom stereocenters. The van der Waals surface area contributed by atoms with Gasteiger partial charge in [0.05, 0.1) is 0 Å². The quantitative estimate of drug-likeness (QED) is 0.256. The Balaban J connectivity index is 1.38. The first-order valence-electron chi connectivity index (χ1n) is 10.9. The number of nitrogens with one attached hydrogen (secondary N) is 2. The van der Waals surface area contributed by atoms with Crippen molar-refractivity contribution < 1.29 is 13.9 Å². The molecule has 1 amide bonds. The Morgan fingerprint density at radius 3 is 2.71 bits per heavy atom. The van der Waals surface area contributed by atoms with Crippen LogP contribution in [0.25, 0.3) is 22.6 Å². The number of aromatic nitrogens is 1. The average molecular weight is 538 g/mol. The second-order valence-electron chi connectivity index (χ2n) is 7.88. The van der Waals surface area contributed by atoms with Crippen molar-refractivity contribution in [1.29, 1.82) is 0 Å². The number of amides is 1. The maximum absolute atomic E-state index is 12.2. The van der Waals surface area contributed by atoms with E-state index in [1.54, 1.807) is 12.1 Å². The van der Waals surface area contributed by atoms with Crippen LogP contribution in [0.1, 0.15) is 31.7 Å². The highest BCUT2D eigenvalue weighted by Gasteiger charge is 2.12. The van der Waals surface area contributed by atoms with Gasteiger partial charge in [-0.2, -0.15) is 0 Å². The molecule has 4 rings (SSSR count). The van der Waals surface area contributed by atoms with Crippen LogP contribution in [0.5, 0.6) is 5.75 Å². The molecule has 6 nitrogen and oxygen atoms in total. The summed E-state index contributed by atoms with van der Waals surface area (Å²) in [6.07, 6.45) is 1.07. The van der Waals surface area contributed by atoms with Crippen molar-refractivity contribution in [2.45, 2.75) is 26.2 Å². The van der Waals surface area contributed by atoms with Crippen LogP contribution in [0.3, 0.4) is 0 Å². The van der Waals surface area contributed by atoms with Gasteiger partial charge in [-0.3, -0.25) is 10.1 Å². The lowest BCUT2D eigenvalue weighted by molar-refractivity contribution is -0.121. The van der Waals surface area contributed by atoms with Crippen LogP contribution in [0.4, 0.5) is 5.69 Å². The molecule has 0 aliphatic heterocycles. The van der Waals surface area contributed by atoms with Crippen LogP contribution in [0, 0.1) is 0 Å². The van der Waals surface area contributed by atoms with Gasteiger partial charge in [-0.15, -0.1) is 0 Å². The SMILES string of the molecule is CC[C@@H](C)c1ccc2oc(-c3cccc(NC(=S)NC(=O)COc4ccc(Br)cc4)c3)nc2c1. The van der Waals surface area contributed by atoms with Crippen molar-refractivity contribution in [3.63, 3.8) is 0 Å². The molecular formula is C26H24BrN3O3S. The van der Waals surface area contributed by atoms with Gasteiger partial charge in [0.25, 0.3) is 5.91 Å². The van der Waals surface area contributed by atoms with Crippen LogP contribution < -0.4 is 15.4 Å². The molecule has 0 radical (unpaired) electrons. The predicted octanol–water partition coefficient (Wildman–Crippen LogP) is 6.66. The summed E-state index contributed by atoms with van der Waals surface area (Å²) in [6.45, 7) is 4.22. The topological polar surface area (TPSA) is 76.4 Å². The Hall–Kier alpha value is -3.23. The number of oxazole rings is 1. The first-order chi connectivity index (χ1) is 16.4. The first-order valence-corrected chi connectivity index (χ1v) is 12.1. The molecule has 34 heavy (non-hydrogen) atoms. The number of rotatable bonds is 7. The molecule has 4 aromatic rings. The smallest absolute Gasteiger partial charge is 0.264 e. The van der Waals surface area contributed by atoms with Gasteiger partial charge in [0.2, 0.25) is 5.89 Å². The van der Waals surface area contributed by atoms with Gasteiger partial charge in [-0.25, -0.2) is 4.98 Å². The Labute approximate surface area is 211 Å². The molecule has 1 heterocycles. The van der Waals surface area contributed by atoms with Gasteiger partial charge in [-0.05, 0) is 84.7 Å². The third-order valence-corrected chi connectivity index (χ3v) is 6.13. The second-order valence-corrected chi connectivity index (χ2v) is 9.21. The molecule has 0 bridgehead atoms. The van der Waals surface area contributed by atoms with Gasteiger partial charge in [-0.1, -0.05) is 41.9 Å².